The number of hydrogen-bond acceptors (Lipinski definition) is 5. The molecule has 0 bridgehead atoms. The molecule has 0 radical (unpaired) electrons. The van der Waals surface area contributed by atoms with Crippen LogP contribution in [-0.2, 0) is 0 Å². The molecule has 9 nitrogen and oxygen atoms in total. The Bertz CT molecular complexity index is 1120. The lowest BCUT2D eigenvalue weighted by atomic mass is 10.0. The highest BCUT2D eigenvalue weighted by Gasteiger charge is 2.16. The first kappa shape index (κ1) is 19.4. The van der Waals surface area contributed by atoms with Gasteiger partial charge in [-0.1, -0.05) is 12.1 Å². The number of urea groups is 1. The zero-order valence-corrected chi connectivity index (χ0v) is 14.9. The van der Waals surface area contributed by atoms with E-state index in [1.165, 1.54) is 23.0 Å². The third kappa shape index (κ3) is 4.30. The SMILES string of the molecule is N#CCOc1cc(F)ccc1-c1ccc(-n2cc(NC(N)=O)c(C(N)=O)n2)cc1. The average molecular weight is 394 g/mol. The van der Waals surface area contributed by atoms with Gasteiger partial charge in [0.05, 0.1) is 17.6 Å². The quantitative estimate of drug-likeness (QED) is 0.586. The van der Waals surface area contributed by atoms with Gasteiger partial charge in [0.15, 0.2) is 12.3 Å². The number of nitrogens with one attached hydrogen (secondary N) is 1. The third-order valence-electron chi connectivity index (χ3n) is 3.88. The van der Waals surface area contributed by atoms with Gasteiger partial charge in [0.2, 0.25) is 0 Å². The van der Waals surface area contributed by atoms with E-state index in [4.69, 9.17) is 21.5 Å². The van der Waals surface area contributed by atoms with E-state index < -0.39 is 17.8 Å². The molecule has 0 spiro atoms. The summed E-state index contributed by atoms with van der Waals surface area (Å²) in [5.74, 6) is -1.07. The fraction of sp³-hybridized carbons (Fsp3) is 0.0526. The Labute approximate surface area is 164 Å². The molecule has 0 unspecified atom stereocenters. The van der Waals surface area contributed by atoms with Gasteiger partial charge >= 0.3 is 6.03 Å². The highest BCUT2D eigenvalue weighted by atomic mass is 19.1. The molecule has 29 heavy (non-hydrogen) atoms. The van der Waals surface area contributed by atoms with E-state index in [1.54, 1.807) is 30.3 Å². The van der Waals surface area contributed by atoms with Gasteiger partial charge in [0, 0.05) is 11.6 Å². The lowest BCUT2D eigenvalue weighted by Crippen LogP contribution is -2.22. The molecule has 0 aliphatic rings. The predicted octanol–water partition coefficient (Wildman–Crippen LogP) is 2.17. The number of nitriles is 1. The van der Waals surface area contributed by atoms with Crippen LogP contribution in [0.1, 0.15) is 10.5 Å². The summed E-state index contributed by atoms with van der Waals surface area (Å²) in [4.78, 5) is 22.6. The van der Waals surface area contributed by atoms with E-state index in [0.29, 0.717) is 16.8 Å². The van der Waals surface area contributed by atoms with Crippen molar-refractivity contribution < 1.29 is 18.7 Å². The number of hydrogen-bond donors (Lipinski definition) is 3. The van der Waals surface area contributed by atoms with Gasteiger partial charge in [-0.2, -0.15) is 10.4 Å². The largest absolute Gasteiger partial charge is 0.478 e. The third-order valence-corrected chi connectivity index (χ3v) is 3.88. The molecule has 0 aliphatic heterocycles. The van der Waals surface area contributed by atoms with Crippen molar-refractivity contribution in [3.8, 4) is 28.6 Å². The highest BCUT2D eigenvalue weighted by molar-refractivity contribution is 6.00. The Morgan fingerprint density at radius 3 is 2.55 bits per heavy atom. The first-order valence-corrected chi connectivity index (χ1v) is 8.25. The first-order chi connectivity index (χ1) is 13.9. The molecular weight excluding hydrogens is 379 g/mol. The Hall–Kier alpha value is -4.39. The Kier molecular flexibility index (Phi) is 5.41. The summed E-state index contributed by atoms with van der Waals surface area (Å²) in [6.07, 6.45) is 1.40. The van der Waals surface area contributed by atoms with E-state index in [0.717, 1.165) is 0 Å². The van der Waals surface area contributed by atoms with Crippen molar-refractivity contribution in [2.75, 3.05) is 11.9 Å². The molecule has 3 aromatic rings. The van der Waals surface area contributed by atoms with Crippen LogP contribution in [0, 0.1) is 17.1 Å². The number of aromatic nitrogens is 2. The number of carbonyl (C=O) groups excluding carboxylic acids is 2. The lowest BCUT2D eigenvalue weighted by Gasteiger charge is -2.10. The van der Waals surface area contributed by atoms with Crippen LogP contribution in [0.15, 0.2) is 48.7 Å². The summed E-state index contributed by atoms with van der Waals surface area (Å²) in [6, 6.07) is 11.9. The van der Waals surface area contributed by atoms with Gasteiger partial charge in [0.25, 0.3) is 5.91 Å². The molecule has 0 aliphatic carbocycles. The summed E-state index contributed by atoms with van der Waals surface area (Å²) in [5, 5.41) is 15.1. The maximum Gasteiger partial charge on any atom is 0.316 e. The molecule has 5 N–H and O–H groups in total. The number of anilines is 1. The van der Waals surface area contributed by atoms with Gasteiger partial charge in [-0.05, 0) is 29.8 Å². The highest BCUT2D eigenvalue weighted by Crippen LogP contribution is 2.31. The summed E-state index contributed by atoms with van der Waals surface area (Å²) < 4.78 is 20.2. The van der Waals surface area contributed by atoms with Crippen molar-refractivity contribution in [2.45, 2.75) is 0 Å². The first-order valence-electron chi connectivity index (χ1n) is 8.25. The van der Waals surface area contributed by atoms with Crippen molar-refractivity contribution in [3.63, 3.8) is 0 Å². The van der Waals surface area contributed by atoms with Crippen LogP contribution in [0.4, 0.5) is 14.9 Å². The van der Waals surface area contributed by atoms with E-state index in [2.05, 4.69) is 10.4 Å². The lowest BCUT2D eigenvalue weighted by molar-refractivity contribution is 0.0996. The summed E-state index contributed by atoms with van der Waals surface area (Å²) in [6.45, 7) is -0.215. The van der Waals surface area contributed by atoms with Gasteiger partial charge in [-0.25, -0.2) is 13.9 Å². The second kappa shape index (κ2) is 8.10. The van der Waals surface area contributed by atoms with Gasteiger partial charge in [-0.15, -0.1) is 0 Å². The van der Waals surface area contributed by atoms with Crippen LogP contribution >= 0.6 is 0 Å². The number of amides is 3. The van der Waals surface area contributed by atoms with Crippen LogP contribution in [-0.4, -0.2) is 28.3 Å². The molecule has 0 saturated heterocycles. The van der Waals surface area contributed by atoms with E-state index >= 15 is 0 Å². The maximum absolute atomic E-state index is 13.5. The van der Waals surface area contributed by atoms with Gasteiger partial charge < -0.3 is 21.5 Å². The normalized spacial score (nSPS) is 10.2. The molecule has 0 fully saturated rings. The fourth-order valence-electron chi connectivity index (χ4n) is 2.67. The summed E-state index contributed by atoms with van der Waals surface area (Å²) >= 11 is 0. The van der Waals surface area contributed by atoms with Crippen LogP contribution in [0.3, 0.4) is 0 Å². The number of nitrogens with zero attached hydrogens (tertiary/aromatic N) is 3. The van der Waals surface area contributed by atoms with E-state index in [9.17, 15) is 14.0 Å². The number of benzene rings is 2. The van der Waals surface area contributed by atoms with Crippen LogP contribution in [0.25, 0.3) is 16.8 Å². The molecule has 10 heteroatoms. The molecule has 2 aromatic carbocycles. The van der Waals surface area contributed by atoms with Crippen molar-refractivity contribution in [3.05, 3.63) is 60.2 Å². The molecule has 0 atom stereocenters. The summed E-state index contributed by atoms with van der Waals surface area (Å²) in [5.41, 5.74) is 12.2. The van der Waals surface area contributed by atoms with Gasteiger partial charge in [0.1, 0.15) is 17.6 Å². The van der Waals surface area contributed by atoms with Gasteiger partial charge in [-0.3, -0.25) is 4.79 Å². The van der Waals surface area contributed by atoms with Crippen LogP contribution in [0.2, 0.25) is 0 Å². The van der Waals surface area contributed by atoms with Crippen molar-refractivity contribution in [1.82, 2.24) is 9.78 Å². The number of nitrogens with two attached hydrogens (primary N) is 2. The van der Waals surface area contributed by atoms with Crippen LogP contribution < -0.4 is 21.5 Å². The molecule has 3 amide bonds. The minimum absolute atomic E-state index is 0.0831. The molecule has 1 aromatic heterocycles. The minimum Gasteiger partial charge on any atom is -0.478 e. The molecule has 146 valence electrons. The molecule has 1 heterocycles. The number of primary amides is 2. The Balaban J connectivity index is 1.95. The van der Waals surface area contributed by atoms with Crippen LogP contribution in [0.5, 0.6) is 5.75 Å². The van der Waals surface area contributed by atoms with Crippen molar-refractivity contribution in [2.24, 2.45) is 11.5 Å². The van der Waals surface area contributed by atoms with E-state index in [-0.39, 0.29) is 23.7 Å². The van der Waals surface area contributed by atoms with Crippen molar-refractivity contribution >= 4 is 17.6 Å². The zero-order valence-electron chi connectivity index (χ0n) is 14.9. The fourth-order valence-corrected chi connectivity index (χ4v) is 2.67. The average Bonchev–Trinajstić information content (AvgIpc) is 3.10. The number of rotatable bonds is 6. The van der Waals surface area contributed by atoms with Crippen molar-refractivity contribution in [1.29, 1.82) is 5.26 Å². The maximum atomic E-state index is 13.5. The Morgan fingerprint density at radius 2 is 1.93 bits per heavy atom. The topological polar surface area (TPSA) is 149 Å². The van der Waals surface area contributed by atoms with E-state index in [1.807, 2.05) is 6.07 Å². The predicted molar refractivity (Wildman–Crippen MR) is 102 cm³/mol. The number of ether oxygens (including phenoxy) is 1. The zero-order chi connectivity index (χ0) is 21.0. The molecule has 0 saturated carbocycles. The Morgan fingerprint density at radius 1 is 1.21 bits per heavy atom. The molecular formula is C19H15FN6O3. The number of halogens is 1. The number of carbonyl (C=O) groups is 2. The molecule has 3 rings (SSSR count). The minimum atomic E-state index is -0.858. The summed E-state index contributed by atoms with van der Waals surface area (Å²) in [7, 11) is 0. The second-order valence-corrected chi connectivity index (χ2v) is 5.82. The smallest absolute Gasteiger partial charge is 0.316 e. The second-order valence-electron chi connectivity index (χ2n) is 5.82. The standard InChI is InChI=1S/C19H15FN6O3/c20-12-3-6-14(16(9-12)29-8-7-21)11-1-4-13(5-2-11)26-10-15(24-19(23)28)17(25-26)18(22)27/h1-6,9-10H,8H2,(H2,22,27)(H3,23,24,28). The monoisotopic (exact) mass is 394 g/mol.